The number of likely N-dealkylation sites (N-methyl/N-ethyl adjacent to an activating group) is 1. The van der Waals surface area contributed by atoms with Crippen molar-refractivity contribution < 1.29 is 18.0 Å². The second kappa shape index (κ2) is 10.8. The van der Waals surface area contributed by atoms with Crippen LogP contribution in [-0.2, 0) is 4.79 Å². The first-order valence-corrected chi connectivity index (χ1v) is 8.47. The zero-order valence-corrected chi connectivity index (χ0v) is 13.6. The molecule has 2 unspecified atom stereocenters. The number of hydrogen-bond donors (Lipinski definition) is 1. The van der Waals surface area contributed by atoms with Crippen LogP contribution in [0.1, 0.15) is 20.3 Å². The standard InChI is InChI=1S/C10H18F3NOS2.CH5N/c1-7(8(2)15)14(3)9(10(11,12)13)5-6-17-16-4;1-2/h7,9H,5-6H2,1-4H3;2H2,1H3. The van der Waals surface area contributed by atoms with Crippen LogP contribution >= 0.6 is 21.6 Å². The maximum Gasteiger partial charge on any atom is 0.404 e. The quantitative estimate of drug-likeness (QED) is 0.577. The molecule has 19 heavy (non-hydrogen) atoms. The normalized spacial score (nSPS) is 14.6. The Morgan fingerprint density at radius 2 is 1.84 bits per heavy atom. The molecule has 0 radical (unpaired) electrons. The Labute approximate surface area is 121 Å². The molecule has 3 nitrogen and oxygen atoms in total. The van der Waals surface area contributed by atoms with Gasteiger partial charge in [-0.15, -0.1) is 0 Å². The Morgan fingerprint density at radius 1 is 1.37 bits per heavy atom. The summed E-state index contributed by atoms with van der Waals surface area (Å²) in [6, 6.07) is -2.26. The Bertz CT molecular complexity index is 253. The lowest BCUT2D eigenvalue weighted by atomic mass is 10.1. The maximum absolute atomic E-state index is 12.9. The summed E-state index contributed by atoms with van der Waals surface area (Å²) in [6.45, 7) is 2.81. The summed E-state index contributed by atoms with van der Waals surface area (Å²) in [5.41, 5.74) is 4.50. The van der Waals surface area contributed by atoms with Gasteiger partial charge in [-0.25, -0.2) is 0 Å². The lowest BCUT2D eigenvalue weighted by molar-refractivity contribution is -0.185. The van der Waals surface area contributed by atoms with E-state index in [0.29, 0.717) is 5.75 Å². The fourth-order valence-electron chi connectivity index (χ4n) is 1.40. The van der Waals surface area contributed by atoms with Crippen molar-refractivity contribution in [3.05, 3.63) is 0 Å². The van der Waals surface area contributed by atoms with Crippen LogP contribution < -0.4 is 5.73 Å². The van der Waals surface area contributed by atoms with Crippen molar-refractivity contribution in [1.82, 2.24) is 4.90 Å². The summed E-state index contributed by atoms with van der Waals surface area (Å²) in [6.07, 6.45) is -2.46. The predicted octanol–water partition coefficient (Wildman–Crippen LogP) is 2.80. The number of hydrogen-bond acceptors (Lipinski definition) is 5. The van der Waals surface area contributed by atoms with E-state index in [4.69, 9.17) is 0 Å². The molecule has 0 saturated heterocycles. The minimum Gasteiger partial charge on any atom is -0.333 e. The van der Waals surface area contributed by atoms with Gasteiger partial charge in [0.15, 0.2) is 0 Å². The second-order valence-electron chi connectivity index (χ2n) is 3.79. The molecular weight excluding hydrogens is 297 g/mol. The number of carbonyl (C=O) groups excluding carboxylic acids is 1. The summed E-state index contributed by atoms with van der Waals surface area (Å²) >= 11 is 0. The van der Waals surface area contributed by atoms with E-state index in [1.807, 2.05) is 6.26 Å². The first-order chi connectivity index (χ1) is 8.71. The van der Waals surface area contributed by atoms with Crippen molar-refractivity contribution >= 4 is 27.4 Å². The lowest BCUT2D eigenvalue weighted by Gasteiger charge is -2.33. The highest BCUT2D eigenvalue weighted by atomic mass is 33.1. The van der Waals surface area contributed by atoms with Crippen LogP contribution in [0.5, 0.6) is 0 Å². The van der Waals surface area contributed by atoms with E-state index in [0.717, 1.165) is 4.90 Å². The van der Waals surface area contributed by atoms with Gasteiger partial charge in [-0.05, 0) is 40.6 Å². The van der Waals surface area contributed by atoms with Crippen LogP contribution in [-0.4, -0.2) is 55.0 Å². The van der Waals surface area contributed by atoms with Gasteiger partial charge in [0.25, 0.3) is 0 Å². The molecule has 0 aliphatic rings. The number of nitrogens with zero attached hydrogens (tertiary/aromatic N) is 1. The van der Waals surface area contributed by atoms with Crippen LogP contribution in [0.25, 0.3) is 0 Å². The van der Waals surface area contributed by atoms with Gasteiger partial charge >= 0.3 is 6.18 Å². The van der Waals surface area contributed by atoms with E-state index in [9.17, 15) is 18.0 Å². The molecule has 0 amide bonds. The number of Topliss-reactive ketones (excluding diaryl/α,β-unsaturated/α-hetero) is 1. The first kappa shape index (κ1) is 21.4. The SMILES string of the molecule is CN.CSSCCC(N(C)C(C)C(C)=O)C(F)(F)F. The third-order valence-electron chi connectivity index (χ3n) is 2.66. The third-order valence-corrected chi connectivity index (χ3v) is 4.51. The molecule has 0 spiro atoms. The molecule has 2 atom stereocenters. The van der Waals surface area contributed by atoms with Gasteiger partial charge in [0.2, 0.25) is 0 Å². The smallest absolute Gasteiger partial charge is 0.333 e. The molecule has 0 bridgehead atoms. The molecule has 0 heterocycles. The number of nitrogens with two attached hydrogens (primary N) is 1. The van der Waals surface area contributed by atoms with Crippen LogP contribution in [0.15, 0.2) is 0 Å². The number of halogens is 3. The van der Waals surface area contributed by atoms with Gasteiger partial charge < -0.3 is 5.73 Å². The monoisotopic (exact) mass is 320 g/mol. The van der Waals surface area contributed by atoms with E-state index in [-0.39, 0.29) is 12.2 Å². The molecule has 0 aromatic carbocycles. The molecule has 0 aromatic heterocycles. The van der Waals surface area contributed by atoms with Crippen LogP contribution in [0, 0.1) is 0 Å². The third kappa shape index (κ3) is 8.78. The highest BCUT2D eigenvalue weighted by Gasteiger charge is 2.43. The summed E-state index contributed by atoms with van der Waals surface area (Å²) in [5.74, 6) is 0.166. The Balaban J connectivity index is 0. The average molecular weight is 320 g/mol. The molecule has 116 valence electrons. The van der Waals surface area contributed by atoms with Gasteiger partial charge in [-0.1, -0.05) is 21.6 Å². The number of carbonyl (C=O) groups is 1. The number of alkyl halides is 3. The van der Waals surface area contributed by atoms with E-state index in [1.165, 1.54) is 49.5 Å². The highest BCUT2D eigenvalue weighted by molar-refractivity contribution is 8.76. The maximum atomic E-state index is 12.9. The van der Waals surface area contributed by atoms with E-state index >= 15 is 0 Å². The second-order valence-corrected chi connectivity index (χ2v) is 6.47. The van der Waals surface area contributed by atoms with E-state index in [2.05, 4.69) is 5.73 Å². The van der Waals surface area contributed by atoms with Crippen LogP contribution in [0.2, 0.25) is 0 Å². The summed E-state index contributed by atoms with van der Waals surface area (Å²) < 4.78 is 38.6. The zero-order chi connectivity index (χ0) is 15.6. The minimum atomic E-state index is -4.29. The average Bonchev–Trinajstić information content (AvgIpc) is 2.33. The van der Waals surface area contributed by atoms with Crippen LogP contribution in [0.3, 0.4) is 0 Å². The van der Waals surface area contributed by atoms with Crippen LogP contribution in [0.4, 0.5) is 13.2 Å². The summed E-state index contributed by atoms with van der Waals surface area (Å²) in [5, 5.41) is 0. The van der Waals surface area contributed by atoms with E-state index < -0.39 is 18.3 Å². The van der Waals surface area contributed by atoms with E-state index in [1.54, 1.807) is 0 Å². The van der Waals surface area contributed by atoms with Crippen molar-refractivity contribution in [3.8, 4) is 0 Å². The molecule has 0 aliphatic carbocycles. The fraction of sp³-hybridized carbons (Fsp3) is 0.909. The molecule has 0 rings (SSSR count). The van der Waals surface area contributed by atoms with Gasteiger partial charge in [0.05, 0.1) is 6.04 Å². The Morgan fingerprint density at radius 3 is 2.16 bits per heavy atom. The molecule has 8 heteroatoms. The van der Waals surface area contributed by atoms with Gasteiger partial charge in [0, 0.05) is 5.75 Å². The molecule has 0 saturated carbocycles. The van der Waals surface area contributed by atoms with Crippen molar-refractivity contribution in [2.45, 2.75) is 38.5 Å². The molecule has 0 fully saturated rings. The lowest BCUT2D eigenvalue weighted by Crippen LogP contribution is -2.50. The summed E-state index contributed by atoms with van der Waals surface area (Å²) in [4.78, 5) is 12.2. The molecule has 0 aliphatic heterocycles. The number of ketones is 1. The zero-order valence-electron chi connectivity index (χ0n) is 12.0. The predicted molar refractivity (Wildman–Crippen MR) is 78.5 cm³/mol. The van der Waals surface area contributed by atoms with Crippen molar-refractivity contribution in [3.63, 3.8) is 0 Å². The number of rotatable bonds is 7. The van der Waals surface area contributed by atoms with Crippen molar-refractivity contribution in [2.75, 3.05) is 26.1 Å². The fourth-order valence-corrected chi connectivity index (χ4v) is 2.67. The highest BCUT2D eigenvalue weighted by Crippen LogP contribution is 2.30. The summed E-state index contributed by atoms with van der Waals surface area (Å²) in [7, 11) is 5.69. The van der Waals surface area contributed by atoms with Gasteiger partial charge in [-0.3, -0.25) is 9.69 Å². The first-order valence-electron chi connectivity index (χ1n) is 5.74. The van der Waals surface area contributed by atoms with Crippen molar-refractivity contribution in [1.29, 1.82) is 0 Å². The van der Waals surface area contributed by atoms with Gasteiger partial charge in [0.1, 0.15) is 11.8 Å². The largest absolute Gasteiger partial charge is 0.404 e. The molecule has 0 aromatic rings. The topological polar surface area (TPSA) is 46.3 Å². The Hall–Kier alpha value is 0.0800. The van der Waals surface area contributed by atoms with Gasteiger partial charge in [-0.2, -0.15) is 13.2 Å². The minimum absolute atomic E-state index is 0.00310. The van der Waals surface area contributed by atoms with Crippen molar-refractivity contribution in [2.24, 2.45) is 5.73 Å². The molecular formula is C11H23F3N2OS2. The Kier molecular flexibility index (Phi) is 12.2. The molecule has 2 N–H and O–H groups in total.